The largest absolute Gasteiger partial charge is 0.316 e. The zero-order valence-corrected chi connectivity index (χ0v) is 13.9. The molecular formula is C14H22N2O2S2. The maximum atomic E-state index is 12.7. The zero-order valence-electron chi connectivity index (χ0n) is 12.2. The van der Waals surface area contributed by atoms with Gasteiger partial charge in [0.1, 0.15) is 0 Å². The van der Waals surface area contributed by atoms with Gasteiger partial charge in [0.05, 0.1) is 4.90 Å². The predicted octanol–water partition coefficient (Wildman–Crippen LogP) is 1.84. The molecule has 2 rings (SSSR count). The van der Waals surface area contributed by atoms with Crippen molar-refractivity contribution in [2.24, 2.45) is 0 Å². The van der Waals surface area contributed by atoms with Gasteiger partial charge in [0.15, 0.2) is 0 Å². The number of rotatable bonds is 4. The molecule has 0 spiro atoms. The summed E-state index contributed by atoms with van der Waals surface area (Å²) >= 11 is 1.83. The van der Waals surface area contributed by atoms with Gasteiger partial charge in [-0.3, -0.25) is 0 Å². The van der Waals surface area contributed by atoms with Gasteiger partial charge < -0.3 is 5.32 Å². The van der Waals surface area contributed by atoms with Crippen molar-refractivity contribution in [3.05, 3.63) is 29.3 Å². The first-order chi connectivity index (χ1) is 9.45. The number of hydrogen-bond acceptors (Lipinski definition) is 4. The fourth-order valence-electron chi connectivity index (χ4n) is 2.34. The highest BCUT2D eigenvalue weighted by Crippen LogP contribution is 2.25. The minimum Gasteiger partial charge on any atom is -0.316 e. The maximum absolute atomic E-state index is 12.7. The van der Waals surface area contributed by atoms with Crippen LogP contribution in [0.15, 0.2) is 23.1 Å². The number of nitrogens with zero attached hydrogens (tertiary/aromatic N) is 1. The molecule has 1 atom stereocenters. The second-order valence-electron chi connectivity index (χ2n) is 5.16. The number of hydrogen-bond donors (Lipinski definition) is 1. The molecule has 1 heterocycles. The van der Waals surface area contributed by atoms with Crippen molar-refractivity contribution >= 4 is 21.8 Å². The average molecular weight is 314 g/mol. The minimum atomic E-state index is -3.36. The fourth-order valence-corrected chi connectivity index (χ4v) is 5.15. The molecule has 1 saturated heterocycles. The molecule has 0 aliphatic carbocycles. The lowest BCUT2D eigenvalue weighted by atomic mass is 10.1. The van der Waals surface area contributed by atoms with Gasteiger partial charge in [-0.1, -0.05) is 13.0 Å². The molecule has 0 bridgehead atoms. The van der Waals surface area contributed by atoms with Crippen LogP contribution in [0.4, 0.5) is 0 Å². The van der Waals surface area contributed by atoms with Crippen LogP contribution in [-0.4, -0.2) is 43.9 Å². The van der Waals surface area contributed by atoms with Crippen LogP contribution >= 0.6 is 11.8 Å². The van der Waals surface area contributed by atoms with Gasteiger partial charge in [0.2, 0.25) is 10.0 Å². The van der Waals surface area contributed by atoms with Gasteiger partial charge in [0.25, 0.3) is 0 Å². The first kappa shape index (κ1) is 15.8. The summed E-state index contributed by atoms with van der Waals surface area (Å²) in [5.41, 5.74) is 2.15. The molecule has 20 heavy (non-hydrogen) atoms. The van der Waals surface area contributed by atoms with Crippen LogP contribution in [0, 0.1) is 6.92 Å². The second kappa shape index (κ2) is 6.47. The lowest BCUT2D eigenvalue weighted by Crippen LogP contribution is -2.41. The second-order valence-corrected chi connectivity index (χ2v) is 8.65. The average Bonchev–Trinajstić information content (AvgIpc) is 2.41. The van der Waals surface area contributed by atoms with E-state index in [2.05, 4.69) is 12.2 Å². The van der Waals surface area contributed by atoms with Crippen LogP contribution in [0.2, 0.25) is 0 Å². The van der Waals surface area contributed by atoms with Crippen molar-refractivity contribution in [1.29, 1.82) is 0 Å². The Morgan fingerprint density at radius 2 is 2.20 bits per heavy atom. The van der Waals surface area contributed by atoms with Crippen molar-refractivity contribution in [1.82, 2.24) is 9.62 Å². The summed E-state index contributed by atoms with van der Waals surface area (Å²) in [7, 11) is -1.50. The summed E-state index contributed by atoms with van der Waals surface area (Å²) in [6.07, 6.45) is 0. The van der Waals surface area contributed by atoms with Crippen LogP contribution in [-0.2, 0) is 16.6 Å². The molecule has 1 aliphatic heterocycles. The van der Waals surface area contributed by atoms with Crippen LogP contribution in [0.3, 0.4) is 0 Å². The molecule has 1 unspecified atom stereocenters. The quantitative estimate of drug-likeness (QED) is 0.921. The molecule has 0 radical (unpaired) electrons. The van der Waals surface area contributed by atoms with E-state index in [9.17, 15) is 8.42 Å². The summed E-state index contributed by atoms with van der Waals surface area (Å²) < 4.78 is 27.0. The topological polar surface area (TPSA) is 49.4 Å². The van der Waals surface area contributed by atoms with E-state index in [0.29, 0.717) is 29.8 Å². The van der Waals surface area contributed by atoms with Gasteiger partial charge in [-0.25, -0.2) is 8.42 Å². The molecule has 0 saturated carbocycles. The van der Waals surface area contributed by atoms with Crippen LogP contribution < -0.4 is 5.32 Å². The smallest absolute Gasteiger partial charge is 0.243 e. The van der Waals surface area contributed by atoms with E-state index in [1.165, 1.54) is 0 Å². The fraction of sp³-hybridized carbons (Fsp3) is 0.571. The van der Waals surface area contributed by atoms with Gasteiger partial charge in [-0.2, -0.15) is 16.1 Å². The van der Waals surface area contributed by atoms with Crippen molar-refractivity contribution in [2.45, 2.75) is 30.5 Å². The summed E-state index contributed by atoms with van der Waals surface area (Å²) in [6, 6.07) is 5.41. The predicted molar refractivity (Wildman–Crippen MR) is 84.6 cm³/mol. The normalized spacial score (nSPS) is 21.1. The SMILES string of the molecule is CNCc1cc(S(=O)(=O)N2CCSC(C)C2)ccc1C. The maximum Gasteiger partial charge on any atom is 0.243 e. The highest BCUT2D eigenvalue weighted by molar-refractivity contribution is 8.00. The van der Waals surface area contributed by atoms with Crippen LogP contribution in [0.25, 0.3) is 0 Å². The summed E-state index contributed by atoms with van der Waals surface area (Å²) in [6.45, 7) is 5.97. The van der Waals surface area contributed by atoms with E-state index in [0.717, 1.165) is 16.9 Å². The third-order valence-electron chi connectivity index (χ3n) is 3.53. The molecule has 0 aromatic heterocycles. The molecule has 6 heteroatoms. The molecule has 112 valence electrons. The molecule has 1 aromatic carbocycles. The third-order valence-corrected chi connectivity index (χ3v) is 6.53. The van der Waals surface area contributed by atoms with E-state index in [1.807, 2.05) is 31.8 Å². The number of sulfonamides is 1. The molecule has 1 aromatic rings. The lowest BCUT2D eigenvalue weighted by Gasteiger charge is -2.29. The van der Waals surface area contributed by atoms with E-state index in [1.54, 1.807) is 16.4 Å². The third kappa shape index (κ3) is 3.36. The van der Waals surface area contributed by atoms with E-state index < -0.39 is 10.0 Å². The molecule has 1 fully saturated rings. The number of thioether (sulfide) groups is 1. The highest BCUT2D eigenvalue weighted by Gasteiger charge is 2.29. The Labute approximate surface area is 126 Å². The summed E-state index contributed by atoms with van der Waals surface area (Å²) in [5.74, 6) is 0.871. The molecule has 4 nitrogen and oxygen atoms in total. The Kier molecular flexibility index (Phi) is 5.12. The zero-order chi connectivity index (χ0) is 14.8. The van der Waals surface area contributed by atoms with Crippen molar-refractivity contribution in [3.63, 3.8) is 0 Å². The number of benzene rings is 1. The first-order valence-corrected chi connectivity index (χ1v) is 9.30. The Hall–Kier alpha value is -0.560. The van der Waals surface area contributed by atoms with E-state index in [-0.39, 0.29) is 0 Å². The van der Waals surface area contributed by atoms with Gasteiger partial charge in [-0.15, -0.1) is 0 Å². The number of aryl methyl sites for hydroxylation is 1. The standard InChI is InChI=1S/C14H22N2O2S2/c1-11-4-5-14(8-13(11)9-15-3)20(17,18)16-6-7-19-12(2)10-16/h4-5,8,12,15H,6-7,9-10H2,1-3H3. The van der Waals surface area contributed by atoms with Crippen molar-refractivity contribution in [3.8, 4) is 0 Å². The summed E-state index contributed by atoms with van der Waals surface area (Å²) in [5, 5.41) is 3.44. The van der Waals surface area contributed by atoms with Crippen molar-refractivity contribution < 1.29 is 8.42 Å². The monoisotopic (exact) mass is 314 g/mol. The molecular weight excluding hydrogens is 292 g/mol. The van der Waals surface area contributed by atoms with E-state index >= 15 is 0 Å². The Morgan fingerprint density at radius 1 is 1.45 bits per heavy atom. The van der Waals surface area contributed by atoms with Gasteiger partial charge >= 0.3 is 0 Å². The molecule has 1 N–H and O–H groups in total. The van der Waals surface area contributed by atoms with Gasteiger partial charge in [0, 0.05) is 30.6 Å². The lowest BCUT2D eigenvalue weighted by molar-refractivity contribution is 0.424. The molecule has 0 amide bonds. The number of nitrogens with one attached hydrogen (secondary N) is 1. The molecule has 1 aliphatic rings. The summed E-state index contributed by atoms with van der Waals surface area (Å²) in [4.78, 5) is 0.410. The van der Waals surface area contributed by atoms with E-state index in [4.69, 9.17) is 0 Å². The van der Waals surface area contributed by atoms with Gasteiger partial charge in [-0.05, 0) is 37.2 Å². The Balaban J connectivity index is 2.31. The Bertz CT molecular complexity index is 573. The Morgan fingerprint density at radius 3 is 2.85 bits per heavy atom. The van der Waals surface area contributed by atoms with Crippen LogP contribution in [0.1, 0.15) is 18.1 Å². The van der Waals surface area contributed by atoms with Crippen LogP contribution in [0.5, 0.6) is 0 Å². The first-order valence-electron chi connectivity index (χ1n) is 6.81. The highest BCUT2D eigenvalue weighted by atomic mass is 32.2. The van der Waals surface area contributed by atoms with Crippen molar-refractivity contribution in [2.75, 3.05) is 25.9 Å². The minimum absolute atomic E-state index is 0.362.